The van der Waals surface area contributed by atoms with Crippen LogP contribution in [0.4, 0.5) is 0 Å². The molecule has 0 bridgehead atoms. The Balaban J connectivity index is 0.00000208. The SMILES string of the molecule is Cl.N#CC1CCCN1C(=O)[C@@H]1C[C@H](NC(=O)c2ccccc2)CN1. The molecule has 3 rings (SSSR count). The van der Waals surface area contributed by atoms with Crippen molar-refractivity contribution in [2.75, 3.05) is 13.1 Å². The van der Waals surface area contributed by atoms with E-state index in [0.29, 0.717) is 25.1 Å². The standard InChI is InChI=1S/C17H20N4O2.ClH/c18-10-14-7-4-8-21(14)17(23)15-9-13(11-19-15)20-16(22)12-5-2-1-3-6-12;/h1-3,5-6,13-15,19H,4,7-9,11H2,(H,20,22);1H/t13-,14?,15-;/m0./s1. The third-order valence-electron chi connectivity index (χ3n) is 4.49. The van der Waals surface area contributed by atoms with E-state index in [1.165, 1.54) is 0 Å². The van der Waals surface area contributed by atoms with Crippen LogP contribution in [0.25, 0.3) is 0 Å². The van der Waals surface area contributed by atoms with E-state index in [9.17, 15) is 9.59 Å². The Bertz CT molecular complexity index is 631. The summed E-state index contributed by atoms with van der Waals surface area (Å²) in [6.07, 6.45) is 2.19. The van der Waals surface area contributed by atoms with E-state index in [2.05, 4.69) is 16.7 Å². The number of rotatable bonds is 3. The van der Waals surface area contributed by atoms with Crippen LogP contribution in [-0.4, -0.2) is 47.9 Å². The van der Waals surface area contributed by atoms with Crippen molar-refractivity contribution in [3.63, 3.8) is 0 Å². The largest absolute Gasteiger partial charge is 0.348 e. The number of nitriles is 1. The fourth-order valence-electron chi connectivity index (χ4n) is 3.26. The molecule has 24 heavy (non-hydrogen) atoms. The van der Waals surface area contributed by atoms with E-state index in [4.69, 9.17) is 5.26 Å². The third kappa shape index (κ3) is 3.86. The van der Waals surface area contributed by atoms with Gasteiger partial charge in [-0.25, -0.2) is 0 Å². The van der Waals surface area contributed by atoms with Crippen molar-refractivity contribution < 1.29 is 9.59 Å². The fraction of sp³-hybridized carbons (Fsp3) is 0.471. The Morgan fingerprint density at radius 1 is 1.29 bits per heavy atom. The zero-order valence-corrected chi connectivity index (χ0v) is 14.1. The summed E-state index contributed by atoms with van der Waals surface area (Å²) in [5, 5.41) is 15.2. The van der Waals surface area contributed by atoms with Crippen LogP contribution < -0.4 is 10.6 Å². The van der Waals surface area contributed by atoms with E-state index in [1.54, 1.807) is 17.0 Å². The van der Waals surface area contributed by atoms with Crippen LogP contribution in [-0.2, 0) is 4.79 Å². The van der Waals surface area contributed by atoms with Crippen molar-refractivity contribution in [2.45, 2.75) is 37.4 Å². The molecule has 3 atom stereocenters. The van der Waals surface area contributed by atoms with Gasteiger partial charge in [-0.2, -0.15) is 5.26 Å². The molecule has 128 valence electrons. The minimum Gasteiger partial charge on any atom is -0.348 e. The molecule has 2 aliphatic heterocycles. The molecule has 2 aliphatic rings. The molecule has 0 aromatic heterocycles. The molecule has 1 unspecified atom stereocenters. The van der Waals surface area contributed by atoms with Crippen LogP contribution in [0.2, 0.25) is 0 Å². The van der Waals surface area contributed by atoms with Crippen molar-refractivity contribution in [3.8, 4) is 6.07 Å². The lowest BCUT2D eigenvalue weighted by molar-refractivity contribution is -0.133. The Hall–Kier alpha value is -2.10. The number of nitrogens with one attached hydrogen (secondary N) is 2. The molecule has 2 saturated heterocycles. The molecule has 0 radical (unpaired) electrons. The van der Waals surface area contributed by atoms with Gasteiger partial charge in [0.2, 0.25) is 5.91 Å². The van der Waals surface area contributed by atoms with E-state index in [1.807, 2.05) is 18.2 Å². The highest BCUT2D eigenvalue weighted by Crippen LogP contribution is 2.20. The molecule has 1 aromatic rings. The van der Waals surface area contributed by atoms with Gasteiger partial charge in [-0.05, 0) is 31.4 Å². The van der Waals surface area contributed by atoms with E-state index >= 15 is 0 Å². The summed E-state index contributed by atoms with van der Waals surface area (Å²) in [7, 11) is 0. The predicted molar refractivity (Wildman–Crippen MR) is 91.7 cm³/mol. The zero-order valence-electron chi connectivity index (χ0n) is 13.3. The molecular weight excluding hydrogens is 328 g/mol. The van der Waals surface area contributed by atoms with E-state index in [-0.39, 0.29) is 42.3 Å². The molecule has 0 aliphatic carbocycles. The maximum atomic E-state index is 12.5. The van der Waals surface area contributed by atoms with Crippen molar-refractivity contribution in [2.24, 2.45) is 0 Å². The zero-order chi connectivity index (χ0) is 16.2. The minimum atomic E-state index is -0.315. The molecular formula is C17H21ClN4O2. The van der Waals surface area contributed by atoms with Gasteiger partial charge in [0.1, 0.15) is 6.04 Å². The second-order valence-electron chi connectivity index (χ2n) is 6.05. The number of halogens is 1. The summed E-state index contributed by atoms with van der Waals surface area (Å²) < 4.78 is 0. The molecule has 1 aromatic carbocycles. The molecule has 2 N–H and O–H groups in total. The lowest BCUT2D eigenvalue weighted by Gasteiger charge is -2.23. The quantitative estimate of drug-likeness (QED) is 0.856. The average Bonchev–Trinajstić information content (AvgIpc) is 3.24. The van der Waals surface area contributed by atoms with Crippen LogP contribution in [0.15, 0.2) is 30.3 Å². The first kappa shape index (κ1) is 18.2. The highest BCUT2D eigenvalue weighted by Gasteiger charge is 2.37. The lowest BCUT2D eigenvalue weighted by atomic mass is 10.1. The second kappa shape index (κ2) is 8.13. The van der Waals surface area contributed by atoms with Gasteiger partial charge in [0.15, 0.2) is 0 Å². The van der Waals surface area contributed by atoms with Crippen LogP contribution in [0.1, 0.15) is 29.6 Å². The fourth-order valence-corrected chi connectivity index (χ4v) is 3.26. The summed E-state index contributed by atoms with van der Waals surface area (Å²) in [5.74, 6) is -0.146. The maximum Gasteiger partial charge on any atom is 0.251 e. The summed E-state index contributed by atoms with van der Waals surface area (Å²) in [6, 6.07) is 10.5. The summed E-state index contributed by atoms with van der Waals surface area (Å²) in [6.45, 7) is 1.22. The van der Waals surface area contributed by atoms with Gasteiger partial charge in [0.05, 0.1) is 12.1 Å². The number of nitrogens with zero attached hydrogens (tertiary/aromatic N) is 2. The van der Waals surface area contributed by atoms with Crippen LogP contribution >= 0.6 is 12.4 Å². The van der Waals surface area contributed by atoms with E-state index < -0.39 is 0 Å². The number of carbonyl (C=O) groups excluding carboxylic acids is 2. The number of benzene rings is 1. The van der Waals surface area contributed by atoms with Gasteiger partial charge in [-0.1, -0.05) is 18.2 Å². The highest BCUT2D eigenvalue weighted by atomic mass is 35.5. The number of hydrogen-bond donors (Lipinski definition) is 2. The van der Waals surface area contributed by atoms with Crippen molar-refractivity contribution >= 4 is 24.2 Å². The van der Waals surface area contributed by atoms with Gasteiger partial charge < -0.3 is 15.5 Å². The Labute approximate surface area is 147 Å². The Morgan fingerprint density at radius 3 is 2.75 bits per heavy atom. The molecule has 0 saturated carbocycles. The molecule has 0 spiro atoms. The van der Waals surface area contributed by atoms with Crippen LogP contribution in [0.3, 0.4) is 0 Å². The molecule has 7 heteroatoms. The first-order chi connectivity index (χ1) is 11.2. The van der Waals surface area contributed by atoms with Gasteiger partial charge >= 0.3 is 0 Å². The number of hydrogen-bond acceptors (Lipinski definition) is 4. The van der Waals surface area contributed by atoms with Gasteiger partial charge in [-0.15, -0.1) is 12.4 Å². The van der Waals surface area contributed by atoms with Crippen LogP contribution in [0.5, 0.6) is 0 Å². The normalized spacial score (nSPS) is 25.6. The van der Waals surface area contributed by atoms with Crippen LogP contribution in [0, 0.1) is 11.3 Å². The molecule has 6 nitrogen and oxygen atoms in total. The van der Waals surface area contributed by atoms with Crippen molar-refractivity contribution in [1.82, 2.24) is 15.5 Å². The highest BCUT2D eigenvalue weighted by molar-refractivity contribution is 5.94. The second-order valence-corrected chi connectivity index (χ2v) is 6.05. The Morgan fingerprint density at radius 2 is 2.04 bits per heavy atom. The van der Waals surface area contributed by atoms with Crippen molar-refractivity contribution in [1.29, 1.82) is 5.26 Å². The summed E-state index contributed by atoms with van der Waals surface area (Å²) in [5.41, 5.74) is 0.617. The number of likely N-dealkylation sites (tertiary alicyclic amines) is 1. The first-order valence-electron chi connectivity index (χ1n) is 7.98. The topological polar surface area (TPSA) is 85.2 Å². The van der Waals surface area contributed by atoms with E-state index in [0.717, 1.165) is 12.8 Å². The number of carbonyl (C=O) groups is 2. The smallest absolute Gasteiger partial charge is 0.251 e. The number of amides is 2. The minimum absolute atomic E-state index is 0. The average molecular weight is 349 g/mol. The first-order valence-corrected chi connectivity index (χ1v) is 7.98. The van der Waals surface area contributed by atoms with Gasteiger partial charge in [0, 0.05) is 24.7 Å². The summed E-state index contributed by atoms with van der Waals surface area (Å²) >= 11 is 0. The molecule has 2 amide bonds. The van der Waals surface area contributed by atoms with Gasteiger partial charge in [-0.3, -0.25) is 9.59 Å². The van der Waals surface area contributed by atoms with Gasteiger partial charge in [0.25, 0.3) is 5.91 Å². The molecule has 2 heterocycles. The monoisotopic (exact) mass is 348 g/mol. The third-order valence-corrected chi connectivity index (χ3v) is 4.49. The Kier molecular flexibility index (Phi) is 6.18. The van der Waals surface area contributed by atoms with Crippen molar-refractivity contribution in [3.05, 3.63) is 35.9 Å². The maximum absolute atomic E-state index is 12.5. The summed E-state index contributed by atoms with van der Waals surface area (Å²) in [4.78, 5) is 26.3. The molecule has 2 fully saturated rings. The predicted octanol–water partition coefficient (Wildman–Crippen LogP) is 1.08. The lowest BCUT2D eigenvalue weighted by Crippen LogP contribution is -2.45.